The topological polar surface area (TPSA) is 37.7 Å². The summed E-state index contributed by atoms with van der Waals surface area (Å²) in [7, 11) is 5.81. The van der Waals surface area contributed by atoms with Gasteiger partial charge in [0.15, 0.2) is 0 Å². The highest BCUT2D eigenvalue weighted by molar-refractivity contribution is 5.84. The Hall–Kier alpha value is -1.85. The van der Waals surface area contributed by atoms with E-state index >= 15 is 0 Å². The number of likely N-dealkylation sites (tertiary alicyclic amines) is 1. The van der Waals surface area contributed by atoms with E-state index in [2.05, 4.69) is 47.0 Å². The average molecular weight is 341 g/mol. The van der Waals surface area contributed by atoms with Crippen LogP contribution in [0.2, 0.25) is 0 Å². The number of piperidine rings is 1. The maximum absolute atomic E-state index is 12.9. The summed E-state index contributed by atoms with van der Waals surface area (Å²) in [6, 6.07) is 8.53. The number of aryl methyl sites for hydroxylation is 1. The zero-order valence-electron chi connectivity index (χ0n) is 15.4. The normalized spacial score (nSPS) is 26.8. The smallest absolute Gasteiger partial charge is 0.232 e. The van der Waals surface area contributed by atoms with Crippen molar-refractivity contribution in [3.8, 4) is 0 Å². The Labute approximate surface area is 149 Å². The van der Waals surface area contributed by atoms with Crippen molar-refractivity contribution in [2.75, 3.05) is 33.8 Å². The summed E-state index contributed by atoms with van der Waals surface area (Å²) in [4.78, 5) is 17.1. The molecule has 5 heteroatoms. The van der Waals surface area contributed by atoms with Gasteiger partial charge in [0.25, 0.3) is 0 Å². The molecule has 25 heavy (non-hydrogen) atoms. The van der Waals surface area contributed by atoms with Gasteiger partial charge in [0, 0.05) is 64.5 Å². The minimum atomic E-state index is -0.369. The van der Waals surface area contributed by atoms with Crippen molar-refractivity contribution in [2.45, 2.75) is 25.5 Å². The van der Waals surface area contributed by atoms with Gasteiger partial charge in [0.2, 0.25) is 5.91 Å². The van der Waals surface area contributed by atoms with Crippen molar-refractivity contribution in [2.24, 2.45) is 12.5 Å². The fourth-order valence-electron chi connectivity index (χ4n) is 4.71. The third-order valence-corrected chi connectivity index (χ3v) is 5.90. The average Bonchev–Trinajstić information content (AvgIpc) is 3.17. The molecule has 0 spiro atoms. The van der Waals surface area contributed by atoms with Gasteiger partial charge in [-0.05, 0) is 24.5 Å². The number of benzene rings is 1. The SMILES string of the molecule is CN(C)C(=O)[C@]12CCO[C@H]1CCN(Cc1cn(C)c3ccccc13)C2. The van der Waals surface area contributed by atoms with E-state index in [-0.39, 0.29) is 17.4 Å². The Kier molecular flexibility index (Phi) is 4.08. The molecule has 134 valence electrons. The Bertz CT molecular complexity index is 797. The number of hydrogen-bond donors (Lipinski definition) is 0. The van der Waals surface area contributed by atoms with Crippen molar-refractivity contribution in [1.29, 1.82) is 0 Å². The minimum Gasteiger partial charge on any atom is -0.377 e. The first-order chi connectivity index (χ1) is 12.0. The number of para-hydroxylation sites is 1. The van der Waals surface area contributed by atoms with Crippen LogP contribution in [0, 0.1) is 5.41 Å². The third-order valence-electron chi connectivity index (χ3n) is 5.90. The molecule has 0 bridgehead atoms. The molecular weight excluding hydrogens is 314 g/mol. The Morgan fingerprint density at radius 3 is 2.96 bits per heavy atom. The van der Waals surface area contributed by atoms with Crippen LogP contribution in [0.1, 0.15) is 18.4 Å². The molecule has 0 unspecified atom stereocenters. The molecule has 1 amide bonds. The highest BCUT2D eigenvalue weighted by Gasteiger charge is 2.53. The Balaban J connectivity index is 1.60. The Morgan fingerprint density at radius 1 is 1.36 bits per heavy atom. The van der Waals surface area contributed by atoms with Gasteiger partial charge < -0.3 is 14.2 Å². The summed E-state index contributed by atoms with van der Waals surface area (Å²) in [5.41, 5.74) is 2.23. The number of amides is 1. The van der Waals surface area contributed by atoms with Gasteiger partial charge in [-0.25, -0.2) is 0 Å². The molecule has 0 aliphatic carbocycles. The number of aromatic nitrogens is 1. The minimum absolute atomic E-state index is 0.0752. The fraction of sp³-hybridized carbons (Fsp3) is 0.550. The van der Waals surface area contributed by atoms with Gasteiger partial charge >= 0.3 is 0 Å². The molecule has 5 nitrogen and oxygen atoms in total. The molecule has 2 saturated heterocycles. The maximum atomic E-state index is 12.9. The van der Waals surface area contributed by atoms with Gasteiger partial charge in [-0.15, -0.1) is 0 Å². The standard InChI is InChI=1S/C20H27N3O2/c1-21(2)19(24)20-9-11-25-18(20)8-10-23(14-20)13-15-12-22(3)17-7-5-4-6-16(15)17/h4-7,12,18H,8-11,13-14H2,1-3H3/t18-,20-/m0/s1. The second-order valence-corrected chi connectivity index (χ2v) is 7.75. The lowest BCUT2D eigenvalue weighted by molar-refractivity contribution is -0.148. The van der Waals surface area contributed by atoms with Gasteiger partial charge in [-0.2, -0.15) is 0 Å². The van der Waals surface area contributed by atoms with E-state index in [1.54, 1.807) is 4.90 Å². The lowest BCUT2D eigenvalue weighted by Gasteiger charge is -2.43. The van der Waals surface area contributed by atoms with E-state index in [1.165, 1.54) is 16.5 Å². The van der Waals surface area contributed by atoms with E-state index in [9.17, 15) is 4.79 Å². The zero-order chi connectivity index (χ0) is 17.6. The summed E-state index contributed by atoms with van der Waals surface area (Å²) >= 11 is 0. The molecule has 1 aromatic carbocycles. The van der Waals surface area contributed by atoms with Crippen LogP contribution in [0.5, 0.6) is 0 Å². The van der Waals surface area contributed by atoms with Crippen LogP contribution >= 0.6 is 0 Å². The predicted molar refractivity (Wildman–Crippen MR) is 98.3 cm³/mol. The number of ether oxygens (including phenoxy) is 1. The molecule has 2 aromatic rings. The van der Waals surface area contributed by atoms with E-state index in [0.717, 1.165) is 32.5 Å². The summed E-state index contributed by atoms with van der Waals surface area (Å²) in [5.74, 6) is 0.220. The second-order valence-electron chi connectivity index (χ2n) is 7.75. The lowest BCUT2D eigenvalue weighted by atomic mass is 9.75. The summed E-state index contributed by atoms with van der Waals surface area (Å²) < 4.78 is 8.12. The number of rotatable bonds is 3. The van der Waals surface area contributed by atoms with Crippen molar-refractivity contribution in [1.82, 2.24) is 14.4 Å². The van der Waals surface area contributed by atoms with E-state index in [0.29, 0.717) is 6.61 Å². The lowest BCUT2D eigenvalue weighted by Crippen LogP contribution is -2.56. The largest absolute Gasteiger partial charge is 0.377 e. The molecule has 0 N–H and O–H groups in total. The molecule has 3 heterocycles. The molecule has 2 fully saturated rings. The van der Waals surface area contributed by atoms with Gasteiger partial charge in [-0.3, -0.25) is 9.69 Å². The van der Waals surface area contributed by atoms with Crippen molar-refractivity contribution >= 4 is 16.8 Å². The first-order valence-electron chi connectivity index (χ1n) is 9.10. The zero-order valence-corrected chi connectivity index (χ0v) is 15.4. The van der Waals surface area contributed by atoms with Crippen LogP contribution in [-0.2, 0) is 23.1 Å². The highest BCUT2D eigenvalue weighted by atomic mass is 16.5. The number of carbonyl (C=O) groups is 1. The van der Waals surface area contributed by atoms with Crippen LogP contribution in [0.25, 0.3) is 10.9 Å². The quantitative estimate of drug-likeness (QED) is 0.859. The van der Waals surface area contributed by atoms with Crippen LogP contribution in [-0.4, -0.2) is 60.2 Å². The van der Waals surface area contributed by atoms with Crippen LogP contribution in [0.15, 0.2) is 30.5 Å². The molecule has 0 radical (unpaired) electrons. The maximum Gasteiger partial charge on any atom is 0.232 e. The van der Waals surface area contributed by atoms with Crippen molar-refractivity contribution < 1.29 is 9.53 Å². The second kappa shape index (κ2) is 6.15. The predicted octanol–water partition coefficient (Wildman–Crippen LogP) is 2.25. The molecule has 4 rings (SSSR count). The van der Waals surface area contributed by atoms with Crippen LogP contribution in [0.4, 0.5) is 0 Å². The highest BCUT2D eigenvalue weighted by Crippen LogP contribution is 2.42. The van der Waals surface area contributed by atoms with Crippen molar-refractivity contribution in [3.63, 3.8) is 0 Å². The number of nitrogens with zero attached hydrogens (tertiary/aromatic N) is 3. The number of fused-ring (bicyclic) bond motifs is 2. The first-order valence-corrected chi connectivity index (χ1v) is 9.10. The van der Waals surface area contributed by atoms with Crippen LogP contribution < -0.4 is 0 Å². The summed E-state index contributed by atoms with van der Waals surface area (Å²) in [5, 5.41) is 1.31. The molecule has 2 atom stereocenters. The molecule has 1 aromatic heterocycles. The fourth-order valence-corrected chi connectivity index (χ4v) is 4.71. The molecule has 0 saturated carbocycles. The summed E-state index contributed by atoms with van der Waals surface area (Å²) in [6.07, 6.45) is 4.07. The van der Waals surface area contributed by atoms with E-state index in [4.69, 9.17) is 4.74 Å². The number of hydrogen-bond acceptors (Lipinski definition) is 3. The van der Waals surface area contributed by atoms with Crippen LogP contribution in [0.3, 0.4) is 0 Å². The first kappa shape index (κ1) is 16.6. The van der Waals surface area contributed by atoms with E-state index in [1.807, 2.05) is 14.1 Å². The molecule has 2 aliphatic rings. The molecular formula is C20H27N3O2. The summed E-state index contributed by atoms with van der Waals surface area (Å²) in [6.45, 7) is 3.36. The molecule has 2 aliphatic heterocycles. The van der Waals surface area contributed by atoms with Gasteiger partial charge in [0.05, 0.1) is 11.5 Å². The number of carbonyl (C=O) groups excluding carboxylic acids is 1. The van der Waals surface area contributed by atoms with Gasteiger partial charge in [0.1, 0.15) is 0 Å². The third kappa shape index (κ3) is 2.66. The van der Waals surface area contributed by atoms with Crippen molar-refractivity contribution in [3.05, 3.63) is 36.0 Å². The monoisotopic (exact) mass is 341 g/mol. The van der Waals surface area contributed by atoms with E-state index < -0.39 is 0 Å². The Morgan fingerprint density at radius 2 is 2.16 bits per heavy atom. The van der Waals surface area contributed by atoms with Gasteiger partial charge in [-0.1, -0.05) is 18.2 Å².